The second-order valence-electron chi connectivity index (χ2n) is 14.8. The summed E-state index contributed by atoms with van der Waals surface area (Å²) < 4.78 is 0. The van der Waals surface area contributed by atoms with Gasteiger partial charge in [0.15, 0.2) is 0 Å². The van der Waals surface area contributed by atoms with Crippen LogP contribution in [-0.2, 0) is 21.7 Å². The third-order valence-electron chi connectivity index (χ3n) is 11.2. The molecule has 0 fully saturated rings. The molecule has 0 atom stereocenters. The fraction of sp³-hybridized carbons (Fsp3) is 0.182. The summed E-state index contributed by atoms with van der Waals surface area (Å²) in [5.41, 5.74) is 8.90. The molecule has 8 nitrogen and oxygen atoms in total. The van der Waals surface area contributed by atoms with Gasteiger partial charge in [-0.15, -0.1) is 0 Å². The van der Waals surface area contributed by atoms with Crippen molar-refractivity contribution in [2.24, 2.45) is 0 Å². The Morgan fingerprint density at radius 1 is 0.308 bits per heavy atom. The maximum absolute atomic E-state index is 5.01. The first-order chi connectivity index (χ1) is 25.3. The van der Waals surface area contributed by atoms with Crippen LogP contribution in [0.25, 0.3) is 0 Å². The van der Waals surface area contributed by atoms with Gasteiger partial charge in [0.1, 0.15) is 10.8 Å². The lowest BCUT2D eigenvalue weighted by Crippen LogP contribution is -2.35. The van der Waals surface area contributed by atoms with Gasteiger partial charge in [-0.2, -0.15) is 0 Å². The monoisotopic (exact) mass is 680 g/mol. The minimum atomic E-state index is -0.864. The van der Waals surface area contributed by atoms with Crippen LogP contribution in [0.4, 0.5) is 0 Å². The molecule has 4 N–H and O–H groups in total. The van der Waals surface area contributed by atoms with Crippen molar-refractivity contribution in [2.45, 2.75) is 49.4 Å². The number of fused-ring (bicyclic) bond motifs is 8. The Kier molecular flexibility index (Phi) is 7.09. The van der Waals surface area contributed by atoms with E-state index in [0.717, 1.165) is 68.3 Å². The van der Waals surface area contributed by atoms with E-state index in [0.29, 0.717) is 0 Å². The van der Waals surface area contributed by atoms with E-state index in [-0.39, 0.29) is 0 Å². The predicted molar refractivity (Wildman–Crippen MR) is 202 cm³/mol. The SMILES string of the molecule is CC1(C)c2ccc([nH]2)C(c2ccccn2)(c2ccccn2)c2ccc([nH]2)C(C)(C)c2ccc([nH]2)C(c2ccccn2)(c2ccccn2)c2ccc1[nH]2. The maximum Gasteiger partial charge on any atom is 0.134 e. The van der Waals surface area contributed by atoms with Gasteiger partial charge in [0, 0.05) is 81.2 Å². The average molecular weight is 681 g/mol. The second kappa shape index (κ2) is 11.6. The summed E-state index contributed by atoms with van der Waals surface area (Å²) >= 11 is 0. The number of hydrogen-bond donors (Lipinski definition) is 4. The van der Waals surface area contributed by atoms with E-state index in [9.17, 15) is 0 Å². The molecule has 8 aromatic heterocycles. The first kappa shape index (κ1) is 31.7. The highest BCUT2D eigenvalue weighted by atomic mass is 14.9. The van der Waals surface area contributed by atoms with E-state index in [1.54, 1.807) is 0 Å². The Morgan fingerprint density at radius 3 is 0.750 bits per heavy atom. The summed E-state index contributed by atoms with van der Waals surface area (Å²) in [6.45, 7) is 8.98. The topological polar surface area (TPSA) is 115 Å². The van der Waals surface area contributed by atoms with Gasteiger partial charge in [0.2, 0.25) is 0 Å². The number of rotatable bonds is 4. The van der Waals surface area contributed by atoms with Crippen LogP contribution in [0, 0.1) is 0 Å². The van der Waals surface area contributed by atoms with E-state index < -0.39 is 21.7 Å². The molecule has 0 spiro atoms. The van der Waals surface area contributed by atoms with Crippen molar-refractivity contribution >= 4 is 0 Å². The molecule has 0 aliphatic carbocycles. The molecule has 8 aromatic rings. The molecule has 0 radical (unpaired) electrons. The van der Waals surface area contributed by atoms with E-state index in [4.69, 9.17) is 19.9 Å². The zero-order valence-electron chi connectivity index (χ0n) is 29.6. The van der Waals surface area contributed by atoms with Crippen LogP contribution in [0.15, 0.2) is 146 Å². The van der Waals surface area contributed by atoms with Crippen molar-refractivity contribution in [1.82, 2.24) is 39.9 Å². The highest BCUT2D eigenvalue weighted by molar-refractivity contribution is 5.57. The van der Waals surface area contributed by atoms with Crippen LogP contribution in [0.2, 0.25) is 0 Å². The normalized spacial score (nSPS) is 16.7. The van der Waals surface area contributed by atoms with Crippen molar-refractivity contribution in [3.8, 4) is 0 Å². The number of nitrogens with one attached hydrogen (secondary N) is 4. The Hall–Kier alpha value is -6.28. The van der Waals surface area contributed by atoms with Crippen LogP contribution >= 0.6 is 0 Å². The summed E-state index contributed by atoms with van der Waals surface area (Å²) in [5, 5.41) is 0. The number of aromatic amines is 4. The number of aromatic nitrogens is 8. The molecule has 256 valence electrons. The second-order valence-corrected chi connectivity index (χ2v) is 14.8. The van der Waals surface area contributed by atoms with Crippen LogP contribution in [0.1, 0.15) is 96.0 Å². The van der Waals surface area contributed by atoms with E-state index in [1.807, 2.05) is 73.3 Å². The lowest BCUT2D eigenvalue weighted by atomic mass is 9.74. The highest BCUT2D eigenvalue weighted by Gasteiger charge is 2.47. The third kappa shape index (κ3) is 4.46. The van der Waals surface area contributed by atoms with E-state index in [1.165, 1.54) is 0 Å². The molecule has 8 heteroatoms. The lowest BCUT2D eigenvalue weighted by molar-refractivity contribution is 0.565. The number of H-pyrrole nitrogens is 4. The molecular weight excluding hydrogens is 641 g/mol. The number of nitrogens with zero attached hydrogens (tertiary/aromatic N) is 4. The van der Waals surface area contributed by atoms with Crippen molar-refractivity contribution in [3.63, 3.8) is 0 Å². The van der Waals surface area contributed by atoms with E-state index >= 15 is 0 Å². The summed E-state index contributed by atoms with van der Waals surface area (Å²) in [6, 6.07) is 41.9. The molecule has 0 aromatic carbocycles. The van der Waals surface area contributed by atoms with Gasteiger partial charge in [-0.25, -0.2) is 0 Å². The number of pyridine rings is 4. The Labute approximate surface area is 302 Å². The molecule has 0 saturated carbocycles. The van der Waals surface area contributed by atoms with Crippen LogP contribution in [0.5, 0.6) is 0 Å². The standard InChI is InChI=1S/C44H40N8/c1-41(2)29-17-21-37(49-29)43(33-13-5-9-25-45-33,34-14-6-10-26-46-34)39-23-19-31(51-39)42(3,4)32-20-24-40(52-32)44(35-15-7-11-27-47-35,36-16-8-12-28-48-36)38-22-18-30(41)50-38/h5-28,49-52H,1-4H3. The summed E-state index contributed by atoms with van der Waals surface area (Å²) in [5.74, 6) is 0. The van der Waals surface area contributed by atoms with Crippen molar-refractivity contribution < 1.29 is 0 Å². The Morgan fingerprint density at radius 2 is 0.538 bits per heavy atom. The summed E-state index contributed by atoms with van der Waals surface area (Å²) in [7, 11) is 0. The largest absolute Gasteiger partial charge is 0.360 e. The zero-order chi connectivity index (χ0) is 35.6. The van der Waals surface area contributed by atoms with Crippen molar-refractivity contribution in [3.05, 3.63) is 214 Å². The van der Waals surface area contributed by atoms with Crippen LogP contribution in [0.3, 0.4) is 0 Å². The lowest BCUT2D eigenvalue weighted by Gasteiger charge is -2.34. The minimum Gasteiger partial charge on any atom is -0.360 e. The first-order valence-electron chi connectivity index (χ1n) is 17.7. The molecule has 0 amide bonds. The maximum atomic E-state index is 5.01. The van der Waals surface area contributed by atoms with Crippen molar-refractivity contribution in [2.75, 3.05) is 0 Å². The molecule has 9 heterocycles. The van der Waals surface area contributed by atoms with Gasteiger partial charge >= 0.3 is 0 Å². The fourth-order valence-corrected chi connectivity index (χ4v) is 8.20. The van der Waals surface area contributed by atoms with Gasteiger partial charge in [-0.05, 0) is 125 Å². The van der Waals surface area contributed by atoms with Gasteiger partial charge in [0.25, 0.3) is 0 Å². The minimum absolute atomic E-state index is 0.461. The highest BCUT2D eigenvalue weighted by Crippen LogP contribution is 2.48. The molecule has 0 saturated heterocycles. The quantitative estimate of drug-likeness (QED) is 0.150. The van der Waals surface area contributed by atoms with Crippen molar-refractivity contribution in [1.29, 1.82) is 0 Å². The molecule has 1 aliphatic heterocycles. The summed E-state index contributed by atoms with van der Waals surface area (Å²) in [4.78, 5) is 35.7. The Balaban J connectivity index is 1.38. The fourth-order valence-electron chi connectivity index (χ4n) is 8.20. The molecule has 52 heavy (non-hydrogen) atoms. The van der Waals surface area contributed by atoms with E-state index in [2.05, 4.69) is 120 Å². The molecule has 8 bridgehead atoms. The van der Waals surface area contributed by atoms with Crippen LogP contribution < -0.4 is 0 Å². The molecule has 1 aliphatic rings. The zero-order valence-corrected chi connectivity index (χ0v) is 29.6. The predicted octanol–water partition coefficient (Wildman–Crippen LogP) is 8.31. The van der Waals surface area contributed by atoms with Gasteiger partial charge in [-0.1, -0.05) is 24.3 Å². The van der Waals surface area contributed by atoms with Gasteiger partial charge < -0.3 is 19.9 Å². The van der Waals surface area contributed by atoms with Gasteiger partial charge in [-0.3, -0.25) is 19.9 Å². The van der Waals surface area contributed by atoms with Gasteiger partial charge in [0.05, 0.1) is 22.8 Å². The average Bonchev–Trinajstić information content (AvgIpc) is 4.03. The molecular formula is C44H40N8. The number of hydrogen-bond acceptors (Lipinski definition) is 4. The summed E-state index contributed by atoms with van der Waals surface area (Å²) in [6.07, 6.45) is 7.43. The third-order valence-corrected chi connectivity index (χ3v) is 11.2. The molecule has 0 unspecified atom stereocenters. The molecule has 9 rings (SSSR count). The smallest absolute Gasteiger partial charge is 0.134 e. The Bertz CT molecular complexity index is 2120. The van der Waals surface area contributed by atoms with Crippen LogP contribution in [-0.4, -0.2) is 39.9 Å². The first-order valence-corrected chi connectivity index (χ1v) is 17.7.